The fourth-order valence-corrected chi connectivity index (χ4v) is 2.31. The minimum Gasteiger partial charge on any atom is -0.497 e. The molecule has 0 bridgehead atoms. The molecule has 0 aliphatic carbocycles. The molecule has 3 aromatic rings. The molecule has 0 spiro atoms. The van der Waals surface area contributed by atoms with E-state index in [0.717, 1.165) is 11.3 Å². The van der Waals surface area contributed by atoms with Gasteiger partial charge in [-0.25, -0.2) is 4.39 Å². The second-order valence-corrected chi connectivity index (χ2v) is 5.54. The zero-order valence-electron chi connectivity index (χ0n) is 14.1. The first-order valence-electron chi connectivity index (χ1n) is 7.99. The van der Waals surface area contributed by atoms with Crippen LogP contribution in [0.3, 0.4) is 0 Å². The van der Waals surface area contributed by atoms with Gasteiger partial charge in [-0.15, -0.1) is 0 Å². The lowest BCUT2D eigenvalue weighted by Gasteiger charge is -2.06. The second kappa shape index (κ2) is 8.07. The van der Waals surface area contributed by atoms with Gasteiger partial charge in [-0.3, -0.25) is 9.79 Å². The van der Waals surface area contributed by atoms with E-state index >= 15 is 0 Å². The normalized spacial score (nSPS) is 10.7. The summed E-state index contributed by atoms with van der Waals surface area (Å²) in [5.41, 5.74) is 2.64. The molecule has 1 amide bonds. The molecule has 3 rings (SSSR count). The third kappa shape index (κ3) is 4.54. The van der Waals surface area contributed by atoms with Crippen LogP contribution in [-0.2, 0) is 0 Å². The van der Waals surface area contributed by atoms with E-state index in [9.17, 15) is 9.18 Å². The number of carbonyl (C=O) groups is 1. The van der Waals surface area contributed by atoms with E-state index in [0.29, 0.717) is 16.9 Å². The summed E-state index contributed by atoms with van der Waals surface area (Å²) >= 11 is 0. The Kier molecular flexibility index (Phi) is 5.39. The van der Waals surface area contributed by atoms with Gasteiger partial charge >= 0.3 is 0 Å². The van der Waals surface area contributed by atoms with E-state index in [1.54, 1.807) is 31.5 Å². The number of anilines is 1. The third-order valence-corrected chi connectivity index (χ3v) is 3.69. The summed E-state index contributed by atoms with van der Waals surface area (Å²) in [5.74, 6) is 0.102. The number of ether oxygens (including phenoxy) is 1. The van der Waals surface area contributed by atoms with Gasteiger partial charge in [0.15, 0.2) is 0 Å². The lowest BCUT2D eigenvalue weighted by Crippen LogP contribution is -2.11. The molecule has 4 nitrogen and oxygen atoms in total. The number of carbonyl (C=O) groups excluding carboxylic acids is 1. The molecular weight excluding hydrogens is 331 g/mol. The van der Waals surface area contributed by atoms with Crippen LogP contribution in [0.2, 0.25) is 0 Å². The van der Waals surface area contributed by atoms with Crippen LogP contribution in [-0.4, -0.2) is 19.2 Å². The maximum absolute atomic E-state index is 12.9. The van der Waals surface area contributed by atoms with E-state index < -0.39 is 0 Å². The first kappa shape index (κ1) is 17.4. The quantitative estimate of drug-likeness (QED) is 0.671. The molecule has 5 heteroatoms. The Morgan fingerprint density at radius 3 is 2.46 bits per heavy atom. The van der Waals surface area contributed by atoms with Gasteiger partial charge in [-0.2, -0.15) is 0 Å². The van der Waals surface area contributed by atoms with Gasteiger partial charge < -0.3 is 10.1 Å². The number of benzene rings is 3. The summed E-state index contributed by atoms with van der Waals surface area (Å²) < 4.78 is 18.1. The Morgan fingerprint density at radius 2 is 1.77 bits per heavy atom. The van der Waals surface area contributed by atoms with Crippen molar-refractivity contribution in [1.82, 2.24) is 0 Å². The molecule has 0 saturated carbocycles. The van der Waals surface area contributed by atoms with Gasteiger partial charge in [0.05, 0.1) is 12.8 Å². The van der Waals surface area contributed by atoms with Crippen molar-refractivity contribution in [2.45, 2.75) is 0 Å². The standard InChI is InChI=1S/C21H17FN2O2/c1-26-20-11-5-15(6-12-20)14-23-18-3-2-4-19(13-18)24-21(25)16-7-9-17(22)10-8-16/h2-14H,1H3,(H,24,25). The fraction of sp³-hybridized carbons (Fsp3) is 0.0476. The largest absolute Gasteiger partial charge is 0.497 e. The maximum Gasteiger partial charge on any atom is 0.255 e. The molecule has 0 radical (unpaired) electrons. The number of hydrogen-bond donors (Lipinski definition) is 1. The summed E-state index contributed by atoms with van der Waals surface area (Å²) in [6, 6.07) is 20.1. The van der Waals surface area contributed by atoms with Crippen LogP contribution >= 0.6 is 0 Å². The van der Waals surface area contributed by atoms with Crippen LogP contribution < -0.4 is 10.1 Å². The molecule has 130 valence electrons. The van der Waals surface area contributed by atoms with E-state index in [2.05, 4.69) is 10.3 Å². The second-order valence-electron chi connectivity index (χ2n) is 5.54. The molecule has 0 saturated heterocycles. The van der Waals surface area contributed by atoms with Crippen molar-refractivity contribution in [3.63, 3.8) is 0 Å². The number of aliphatic imine (C=N–C) groups is 1. The summed E-state index contributed by atoms with van der Waals surface area (Å²) in [4.78, 5) is 16.6. The van der Waals surface area contributed by atoms with Gasteiger partial charge in [0.25, 0.3) is 5.91 Å². The average Bonchev–Trinajstić information content (AvgIpc) is 2.67. The highest BCUT2D eigenvalue weighted by molar-refractivity contribution is 6.04. The number of rotatable bonds is 5. The first-order chi connectivity index (χ1) is 12.6. The van der Waals surface area contributed by atoms with Gasteiger partial charge in [-0.05, 0) is 72.3 Å². The van der Waals surface area contributed by atoms with Crippen LogP contribution in [0.4, 0.5) is 15.8 Å². The SMILES string of the molecule is COc1ccc(C=Nc2cccc(NC(=O)c3ccc(F)cc3)c2)cc1. The lowest BCUT2D eigenvalue weighted by molar-refractivity contribution is 0.102. The smallest absolute Gasteiger partial charge is 0.255 e. The van der Waals surface area contributed by atoms with Crippen molar-refractivity contribution < 1.29 is 13.9 Å². The molecule has 0 unspecified atom stereocenters. The molecule has 26 heavy (non-hydrogen) atoms. The minimum atomic E-state index is -0.378. The number of halogens is 1. The Labute approximate surface area is 151 Å². The van der Waals surface area contributed by atoms with Crippen LogP contribution in [0.15, 0.2) is 77.8 Å². The van der Waals surface area contributed by atoms with Crippen molar-refractivity contribution in [2.75, 3.05) is 12.4 Å². The Bertz CT molecular complexity index is 920. The first-order valence-corrected chi connectivity index (χ1v) is 7.99. The number of nitrogens with one attached hydrogen (secondary N) is 1. The Hall–Kier alpha value is -3.47. The minimum absolute atomic E-state index is 0.304. The Morgan fingerprint density at radius 1 is 1.04 bits per heavy atom. The van der Waals surface area contributed by atoms with Crippen molar-refractivity contribution >= 4 is 23.5 Å². The highest BCUT2D eigenvalue weighted by Crippen LogP contribution is 2.19. The maximum atomic E-state index is 12.9. The number of hydrogen-bond acceptors (Lipinski definition) is 3. The van der Waals surface area contributed by atoms with Crippen LogP contribution in [0, 0.1) is 5.82 Å². The summed E-state index contributed by atoms with van der Waals surface area (Å²) in [6.07, 6.45) is 1.74. The fourth-order valence-electron chi connectivity index (χ4n) is 2.31. The topological polar surface area (TPSA) is 50.7 Å². The molecular formula is C21H17FN2O2. The molecule has 0 aromatic heterocycles. The highest BCUT2D eigenvalue weighted by Gasteiger charge is 2.06. The van der Waals surface area contributed by atoms with E-state index in [1.807, 2.05) is 30.3 Å². The van der Waals surface area contributed by atoms with Crippen LogP contribution in [0.1, 0.15) is 15.9 Å². The van der Waals surface area contributed by atoms with E-state index in [-0.39, 0.29) is 11.7 Å². The monoisotopic (exact) mass is 348 g/mol. The van der Waals surface area contributed by atoms with Crippen molar-refractivity contribution in [3.8, 4) is 5.75 Å². The average molecular weight is 348 g/mol. The number of nitrogens with zero attached hydrogens (tertiary/aromatic N) is 1. The zero-order valence-corrected chi connectivity index (χ0v) is 14.1. The molecule has 3 aromatic carbocycles. The molecule has 0 fully saturated rings. The third-order valence-electron chi connectivity index (χ3n) is 3.69. The summed E-state index contributed by atoms with van der Waals surface area (Å²) in [7, 11) is 1.62. The number of methoxy groups -OCH3 is 1. The van der Waals surface area contributed by atoms with Crippen LogP contribution in [0.25, 0.3) is 0 Å². The highest BCUT2D eigenvalue weighted by atomic mass is 19.1. The van der Waals surface area contributed by atoms with E-state index in [1.165, 1.54) is 24.3 Å². The van der Waals surface area contributed by atoms with Gasteiger partial charge in [0, 0.05) is 17.5 Å². The van der Waals surface area contributed by atoms with Crippen molar-refractivity contribution in [1.29, 1.82) is 0 Å². The summed E-state index contributed by atoms with van der Waals surface area (Å²) in [6.45, 7) is 0. The molecule has 0 atom stereocenters. The predicted octanol–water partition coefficient (Wildman–Crippen LogP) is 4.84. The van der Waals surface area contributed by atoms with Crippen molar-refractivity contribution in [2.24, 2.45) is 4.99 Å². The predicted molar refractivity (Wildman–Crippen MR) is 101 cm³/mol. The lowest BCUT2D eigenvalue weighted by atomic mass is 10.2. The summed E-state index contributed by atoms with van der Waals surface area (Å²) in [5, 5.41) is 2.78. The van der Waals surface area contributed by atoms with Gasteiger partial charge in [0.1, 0.15) is 11.6 Å². The van der Waals surface area contributed by atoms with Crippen molar-refractivity contribution in [3.05, 3.63) is 89.7 Å². The van der Waals surface area contributed by atoms with Gasteiger partial charge in [-0.1, -0.05) is 6.07 Å². The number of amides is 1. The van der Waals surface area contributed by atoms with E-state index in [4.69, 9.17) is 4.74 Å². The Balaban J connectivity index is 1.70. The molecule has 0 aliphatic rings. The van der Waals surface area contributed by atoms with Crippen LogP contribution in [0.5, 0.6) is 5.75 Å². The van der Waals surface area contributed by atoms with Gasteiger partial charge in [0.2, 0.25) is 0 Å². The molecule has 0 aliphatic heterocycles. The molecule has 1 N–H and O–H groups in total. The molecule has 0 heterocycles. The zero-order chi connectivity index (χ0) is 18.4.